The molecular formula is C13H15N3. The van der Waals surface area contributed by atoms with Crippen LogP contribution >= 0.6 is 0 Å². The van der Waals surface area contributed by atoms with Crippen LogP contribution in [0, 0.1) is 13.8 Å². The van der Waals surface area contributed by atoms with Crippen molar-refractivity contribution in [2.24, 2.45) is 0 Å². The molecule has 0 N–H and O–H groups in total. The van der Waals surface area contributed by atoms with Crippen LogP contribution in [-0.4, -0.2) is 14.8 Å². The van der Waals surface area contributed by atoms with Gasteiger partial charge in [-0.3, -0.25) is 9.67 Å². The maximum Gasteiger partial charge on any atom is 0.111 e. The lowest BCUT2D eigenvalue weighted by Crippen LogP contribution is -1.95. The number of hydrogen-bond donors (Lipinski definition) is 0. The summed E-state index contributed by atoms with van der Waals surface area (Å²) in [6.45, 7) is 5.18. The van der Waals surface area contributed by atoms with Gasteiger partial charge in [-0.1, -0.05) is 6.07 Å². The average Bonchev–Trinajstić information content (AvgIpc) is 2.81. The second kappa shape index (κ2) is 3.44. The van der Waals surface area contributed by atoms with Crippen molar-refractivity contribution in [2.45, 2.75) is 33.2 Å². The Bertz CT molecular complexity index is 519. The van der Waals surface area contributed by atoms with Crippen LogP contribution in [0.5, 0.6) is 0 Å². The highest BCUT2D eigenvalue weighted by molar-refractivity contribution is 5.55. The molecule has 0 amide bonds. The van der Waals surface area contributed by atoms with E-state index in [2.05, 4.69) is 39.9 Å². The average molecular weight is 213 g/mol. The van der Waals surface area contributed by atoms with Gasteiger partial charge in [-0.25, -0.2) is 0 Å². The van der Waals surface area contributed by atoms with Crippen molar-refractivity contribution < 1.29 is 0 Å². The molecule has 3 heterocycles. The second-order valence-corrected chi connectivity index (χ2v) is 4.45. The van der Waals surface area contributed by atoms with E-state index < -0.39 is 0 Å². The SMILES string of the molecule is Cc1ccc(-c2cc3n(n2)CCC3)nc1C. The molecule has 82 valence electrons. The summed E-state index contributed by atoms with van der Waals surface area (Å²) in [5, 5.41) is 4.59. The van der Waals surface area contributed by atoms with Gasteiger partial charge in [0.2, 0.25) is 0 Å². The monoisotopic (exact) mass is 213 g/mol. The number of pyridine rings is 1. The van der Waals surface area contributed by atoms with Gasteiger partial charge in [0.25, 0.3) is 0 Å². The molecule has 0 bridgehead atoms. The Hall–Kier alpha value is -1.64. The largest absolute Gasteiger partial charge is 0.269 e. The summed E-state index contributed by atoms with van der Waals surface area (Å²) < 4.78 is 2.10. The zero-order chi connectivity index (χ0) is 11.1. The Morgan fingerprint density at radius 2 is 2.06 bits per heavy atom. The molecular weight excluding hydrogens is 198 g/mol. The third-order valence-electron chi connectivity index (χ3n) is 3.28. The van der Waals surface area contributed by atoms with E-state index in [0.29, 0.717) is 0 Å². The van der Waals surface area contributed by atoms with Gasteiger partial charge >= 0.3 is 0 Å². The maximum atomic E-state index is 4.59. The van der Waals surface area contributed by atoms with Crippen molar-refractivity contribution in [3.63, 3.8) is 0 Å². The fourth-order valence-corrected chi connectivity index (χ4v) is 2.16. The lowest BCUT2D eigenvalue weighted by atomic mass is 10.1. The summed E-state index contributed by atoms with van der Waals surface area (Å²) in [5.41, 5.74) is 5.67. The third-order valence-corrected chi connectivity index (χ3v) is 3.28. The summed E-state index contributed by atoms with van der Waals surface area (Å²) in [6.07, 6.45) is 2.38. The zero-order valence-corrected chi connectivity index (χ0v) is 9.70. The number of hydrogen-bond acceptors (Lipinski definition) is 2. The Balaban J connectivity index is 2.05. The second-order valence-electron chi connectivity index (χ2n) is 4.45. The minimum Gasteiger partial charge on any atom is -0.269 e. The summed E-state index contributed by atoms with van der Waals surface area (Å²) in [7, 11) is 0. The number of aromatic nitrogens is 3. The van der Waals surface area contributed by atoms with Crippen molar-refractivity contribution >= 4 is 0 Å². The van der Waals surface area contributed by atoms with E-state index in [1.54, 1.807) is 0 Å². The Morgan fingerprint density at radius 1 is 1.19 bits per heavy atom. The predicted octanol–water partition coefficient (Wildman–Crippen LogP) is 2.51. The van der Waals surface area contributed by atoms with Gasteiger partial charge in [0.05, 0.1) is 5.69 Å². The van der Waals surface area contributed by atoms with Crippen molar-refractivity contribution in [3.8, 4) is 11.4 Å². The number of fused-ring (bicyclic) bond motifs is 1. The molecule has 0 radical (unpaired) electrons. The lowest BCUT2D eigenvalue weighted by molar-refractivity contribution is 0.658. The molecule has 3 heteroatoms. The molecule has 0 saturated heterocycles. The molecule has 16 heavy (non-hydrogen) atoms. The molecule has 2 aromatic rings. The fraction of sp³-hybridized carbons (Fsp3) is 0.385. The van der Waals surface area contributed by atoms with Gasteiger partial charge < -0.3 is 0 Å². The summed E-state index contributed by atoms with van der Waals surface area (Å²) in [6, 6.07) is 6.34. The summed E-state index contributed by atoms with van der Waals surface area (Å²) >= 11 is 0. The first-order chi connectivity index (χ1) is 7.74. The predicted molar refractivity (Wildman–Crippen MR) is 63.3 cm³/mol. The van der Waals surface area contributed by atoms with Gasteiger partial charge in [-0.05, 0) is 44.4 Å². The normalized spacial score (nSPS) is 14.1. The van der Waals surface area contributed by atoms with Crippen LogP contribution in [0.2, 0.25) is 0 Å². The van der Waals surface area contributed by atoms with Gasteiger partial charge in [-0.15, -0.1) is 0 Å². The highest BCUT2D eigenvalue weighted by atomic mass is 15.3. The first kappa shape index (κ1) is 9.58. The van der Waals surface area contributed by atoms with Crippen molar-refractivity contribution in [1.29, 1.82) is 0 Å². The first-order valence-electron chi connectivity index (χ1n) is 5.75. The Kier molecular flexibility index (Phi) is 2.06. The van der Waals surface area contributed by atoms with E-state index in [9.17, 15) is 0 Å². The van der Waals surface area contributed by atoms with Crippen molar-refractivity contribution in [1.82, 2.24) is 14.8 Å². The van der Waals surface area contributed by atoms with Gasteiger partial charge in [0, 0.05) is 17.9 Å². The molecule has 3 nitrogen and oxygen atoms in total. The van der Waals surface area contributed by atoms with Crippen LogP contribution in [-0.2, 0) is 13.0 Å². The van der Waals surface area contributed by atoms with Crippen LogP contribution in [0.25, 0.3) is 11.4 Å². The molecule has 3 rings (SSSR count). The minimum atomic E-state index is 0.991. The standard InChI is InChI=1S/C13H15N3/c1-9-5-6-12(14-10(9)2)13-8-11-4-3-7-16(11)15-13/h5-6,8H,3-4,7H2,1-2H3. The Labute approximate surface area is 95.1 Å². The van der Waals surface area contributed by atoms with Crippen LogP contribution in [0.1, 0.15) is 23.4 Å². The molecule has 2 aromatic heterocycles. The van der Waals surface area contributed by atoms with E-state index in [-0.39, 0.29) is 0 Å². The van der Waals surface area contributed by atoms with Crippen molar-refractivity contribution in [3.05, 3.63) is 35.2 Å². The van der Waals surface area contributed by atoms with Gasteiger partial charge in [0.1, 0.15) is 5.69 Å². The van der Waals surface area contributed by atoms with Crippen molar-refractivity contribution in [2.75, 3.05) is 0 Å². The highest BCUT2D eigenvalue weighted by Crippen LogP contribution is 2.22. The molecule has 0 aromatic carbocycles. The summed E-state index contributed by atoms with van der Waals surface area (Å²) in [4.78, 5) is 4.58. The molecule has 1 aliphatic rings. The van der Waals surface area contributed by atoms with E-state index in [1.165, 1.54) is 17.7 Å². The van der Waals surface area contributed by atoms with E-state index in [4.69, 9.17) is 0 Å². The van der Waals surface area contributed by atoms with Crippen LogP contribution in [0.15, 0.2) is 18.2 Å². The minimum absolute atomic E-state index is 0.991. The zero-order valence-electron chi connectivity index (χ0n) is 9.70. The molecule has 0 fully saturated rings. The topological polar surface area (TPSA) is 30.7 Å². The molecule has 0 saturated carbocycles. The van der Waals surface area contributed by atoms with E-state index in [0.717, 1.165) is 30.0 Å². The number of rotatable bonds is 1. The molecule has 0 spiro atoms. The number of aryl methyl sites for hydroxylation is 4. The van der Waals surface area contributed by atoms with E-state index in [1.807, 2.05) is 6.92 Å². The lowest BCUT2D eigenvalue weighted by Gasteiger charge is -2.01. The van der Waals surface area contributed by atoms with E-state index >= 15 is 0 Å². The van der Waals surface area contributed by atoms with Crippen LogP contribution in [0.4, 0.5) is 0 Å². The highest BCUT2D eigenvalue weighted by Gasteiger charge is 2.15. The summed E-state index contributed by atoms with van der Waals surface area (Å²) in [5.74, 6) is 0. The third kappa shape index (κ3) is 1.43. The molecule has 1 aliphatic heterocycles. The maximum absolute atomic E-state index is 4.59. The number of nitrogens with zero attached hydrogens (tertiary/aromatic N) is 3. The fourth-order valence-electron chi connectivity index (χ4n) is 2.16. The van der Waals surface area contributed by atoms with Crippen LogP contribution in [0.3, 0.4) is 0 Å². The molecule has 0 unspecified atom stereocenters. The quantitative estimate of drug-likeness (QED) is 0.728. The van der Waals surface area contributed by atoms with Gasteiger partial charge in [-0.2, -0.15) is 5.10 Å². The first-order valence-corrected chi connectivity index (χ1v) is 5.75. The van der Waals surface area contributed by atoms with Crippen LogP contribution < -0.4 is 0 Å². The van der Waals surface area contributed by atoms with Gasteiger partial charge in [0.15, 0.2) is 0 Å². The molecule has 0 atom stereocenters. The molecule has 0 aliphatic carbocycles. The Morgan fingerprint density at radius 3 is 2.81 bits per heavy atom. The smallest absolute Gasteiger partial charge is 0.111 e.